The first-order chi connectivity index (χ1) is 15.0. The van der Waals surface area contributed by atoms with Gasteiger partial charge < -0.3 is 18.6 Å². The number of unbranched alkanes of at least 4 members (excludes halogenated alkanes) is 1. The number of hydrogen-bond donors (Lipinski definition) is 0. The van der Waals surface area contributed by atoms with Crippen LogP contribution < -0.4 is 19.8 Å². The zero-order chi connectivity index (χ0) is 22.0. The van der Waals surface area contributed by atoms with Crippen LogP contribution in [0, 0.1) is 6.92 Å². The lowest BCUT2D eigenvalue weighted by atomic mass is 9.98. The zero-order valence-corrected chi connectivity index (χ0v) is 18.6. The molecule has 164 valence electrons. The Kier molecular flexibility index (Phi) is 6.18. The molecular formula is C25H29NO5. The van der Waals surface area contributed by atoms with Gasteiger partial charge in [0.15, 0.2) is 0 Å². The van der Waals surface area contributed by atoms with E-state index in [0.29, 0.717) is 18.9 Å². The summed E-state index contributed by atoms with van der Waals surface area (Å²) < 4.78 is 22.6. The van der Waals surface area contributed by atoms with Crippen LogP contribution in [0.2, 0.25) is 0 Å². The summed E-state index contributed by atoms with van der Waals surface area (Å²) in [4.78, 5) is 14.3. The second kappa shape index (κ2) is 9.02. The summed E-state index contributed by atoms with van der Waals surface area (Å²) >= 11 is 0. The number of aryl methyl sites for hydroxylation is 2. The fourth-order valence-electron chi connectivity index (χ4n) is 4.23. The van der Waals surface area contributed by atoms with Crippen LogP contribution in [0.3, 0.4) is 0 Å². The third-order valence-corrected chi connectivity index (χ3v) is 5.85. The van der Waals surface area contributed by atoms with Crippen LogP contribution in [-0.2, 0) is 19.5 Å². The standard InChI is InChI=1S/C25H29NO5/c1-5-6-7-17-11-23(27)31-25-16(2)24-19(10-21(17)25)14-26(15-30-24)13-18-8-9-20(28-3)12-22(18)29-4/h8-12H,5-7,13-15H2,1-4H3. The van der Waals surface area contributed by atoms with Gasteiger partial charge in [-0.15, -0.1) is 0 Å². The molecule has 0 amide bonds. The first kappa shape index (κ1) is 21.2. The van der Waals surface area contributed by atoms with Crippen LogP contribution in [0.5, 0.6) is 17.2 Å². The minimum absolute atomic E-state index is 0.300. The molecule has 2 aromatic carbocycles. The molecule has 6 nitrogen and oxygen atoms in total. The summed E-state index contributed by atoms with van der Waals surface area (Å²) in [6.07, 6.45) is 2.98. The van der Waals surface area contributed by atoms with Crippen molar-refractivity contribution in [1.82, 2.24) is 4.90 Å². The molecule has 0 atom stereocenters. The number of ether oxygens (including phenoxy) is 3. The fourth-order valence-corrected chi connectivity index (χ4v) is 4.23. The van der Waals surface area contributed by atoms with E-state index in [4.69, 9.17) is 18.6 Å². The van der Waals surface area contributed by atoms with E-state index in [1.807, 2.05) is 25.1 Å². The van der Waals surface area contributed by atoms with Crippen LogP contribution in [-0.4, -0.2) is 25.9 Å². The maximum atomic E-state index is 12.1. The van der Waals surface area contributed by atoms with Crippen molar-refractivity contribution in [3.8, 4) is 17.2 Å². The van der Waals surface area contributed by atoms with E-state index in [2.05, 4.69) is 17.9 Å². The minimum atomic E-state index is -0.300. The molecule has 0 spiro atoms. The van der Waals surface area contributed by atoms with Crippen molar-refractivity contribution < 1.29 is 18.6 Å². The van der Waals surface area contributed by atoms with Gasteiger partial charge in [-0.25, -0.2) is 4.79 Å². The molecule has 3 aromatic rings. The molecule has 4 rings (SSSR count). The van der Waals surface area contributed by atoms with Crippen LogP contribution in [0.1, 0.15) is 42.0 Å². The van der Waals surface area contributed by atoms with Crippen molar-refractivity contribution in [3.05, 3.63) is 63.0 Å². The number of hydrogen-bond acceptors (Lipinski definition) is 6. The van der Waals surface area contributed by atoms with Crippen LogP contribution >= 0.6 is 0 Å². The molecule has 6 heteroatoms. The van der Waals surface area contributed by atoms with Gasteiger partial charge in [-0.2, -0.15) is 0 Å². The summed E-state index contributed by atoms with van der Waals surface area (Å²) in [5, 5.41) is 1.01. The van der Waals surface area contributed by atoms with Gasteiger partial charge in [0.2, 0.25) is 0 Å². The molecule has 0 unspecified atom stereocenters. The average Bonchev–Trinajstić information content (AvgIpc) is 2.78. The third kappa shape index (κ3) is 4.26. The van der Waals surface area contributed by atoms with E-state index >= 15 is 0 Å². The molecule has 0 bridgehead atoms. The van der Waals surface area contributed by atoms with E-state index in [0.717, 1.165) is 70.7 Å². The number of methoxy groups -OCH3 is 2. The Morgan fingerprint density at radius 3 is 2.68 bits per heavy atom. The second-order valence-electron chi connectivity index (χ2n) is 8.00. The largest absolute Gasteiger partial charge is 0.497 e. The van der Waals surface area contributed by atoms with Crippen molar-refractivity contribution in [2.75, 3.05) is 21.0 Å². The van der Waals surface area contributed by atoms with Crippen molar-refractivity contribution in [1.29, 1.82) is 0 Å². The Morgan fingerprint density at radius 1 is 1.10 bits per heavy atom. The molecular weight excluding hydrogens is 394 g/mol. The molecule has 0 N–H and O–H groups in total. The zero-order valence-electron chi connectivity index (χ0n) is 18.6. The third-order valence-electron chi connectivity index (χ3n) is 5.85. The molecule has 31 heavy (non-hydrogen) atoms. The fraction of sp³-hybridized carbons (Fsp3) is 0.400. The Morgan fingerprint density at radius 2 is 1.94 bits per heavy atom. The summed E-state index contributed by atoms with van der Waals surface area (Å²) in [5.74, 6) is 2.38. The Hall–Kier alpha value is -2.99. The highest BCUT2D eigenvalue weighted by Gasteiger charge is 2.24. The summed E-state index contributed by atoms with van der Waals surface area (Å²) in [6.45, 7) is 6.01. The van der Waals surface area contributed by atoms with Gasteiger partial charge in [0.1, 0.15) is 29.6 Å². The van der Waals surface area contributed by atoms with Gasteiger partial charge in [-0.05, 0) is 37.5 Å². The Bertz CT molecular complexity index is 1150. The van der Waals surface area contributed by atoms with Gasteiger partial charge >= 0.3 is 5.63 Å². The van der Waals surface area contributed by atoms with E-state index in [9.17, 15) is 4.79 Å². The lowest BCUT2D eigenvalue weighted by Crippen LogP contribution is -2.32. The lowest BCUT2D eigenvalue weighted by molar-refractivity contribution is 0.0873. The first-order valence-corrected chi connectivity index (χ1v) is 10.7. The maximum Gasteiger partial charge on any atom is 0.336 e. The molecule has 1 aliphatic heterocycles. The quantitative estimate of drug-likeness (QED) is 0.508. The molecule has 0 aliphatic carbocycles. The lowest BCUT2D eigenvalue weighted by Gasteiger charge is -2.30. The highest BCUT2D eigenvalue weighted by atomic mass is 16.5. The monoisotopic (exact) mass is 423 g/mol. The molecule has 0 fully saturated rings. The number of benzene rings is 2. The number of rotatable bonds is 7. The van der Waals surface area contributed by atoms with Gasteiger partial charge in [0.05, 0.1) is 14.2 Å². The van der Waals surface area contributed by atoms with Crippen molar-refractivity contribution in [3.63, 3.8) is 0 Å². The molecule has 1 aliphatic rings. The van der Waals surface area contributed by atoms with E-state index < -0.39 is 0 Å². The van der Waals surface area contributed by atoms with Gasteiger partial charge in [-0.3, -0.25) is 4.90 Å². The number of nitrogens with zero attached hydrogens (tertiary/aromatic N) is 1. The van der Waals surface area contributed by atoms with Gasteiger partial charge in [-0.1, -0.05) is 19.4 Å². The predicted octanol–water partition coefficient (Wildman–Crippen LogP) is 4.81. The Balaban J connectivity index is 1.66. The summed E-state index contributed by atoms with van der Waals surface area (Å²) in [7, 11) is 3.31. The highest BCUT2D eigenvalue weighted by Crippen LogP contribution is 2.37. The van der Waals surface area contributed by atoms with Crippen LogP contribution in [0.15, 0.2) is 39.5 Å². The summed E-state index contributed by atoms with van der Waals surface area (Å²) in [6, 6.07) is 9.62. The normalized spacial score (nSPS) is 13.7. The first-order valence-electron chi connectivity index (χ1n) is 10.7. The van der Waals surface area contributed by atoms with E-state index in [1.54, 1.807) is 20.3 Å². The molecule has 0 saturated heterocycles. The van der Waals surface area contributed by atoms with Crippen molar-refractivity contribution in [2.45, 2.75) is 46.2 Å². The average molecular weight is 424 g/mol. The van der Waals surface area contributed by atoms with E-state index in [-0.39, 0.29) is 5.63 Å². The van der Waals surface area contributed by atoms with Gasteiger partial charge in [0.25, 0.3) is 0 Å². The highest BCUT2D eigenvalue weighted by molar-refractivity contribution is 5.86. The minimum Gasteiger partial charge on any atom is -0.497 e. The van der Waals surface area contributed by atoms with Gasteiger partial charge in [0, 0.05) is 47.3 Å². The maximum absolute atomic E-state index is 12.1. The summed E-state index contributed by atoms with van der Waals surface area (Å²) in [5.41, 5.74) is 4.46. The number of fused-ring (bicyclic) bond motifs is 2. The molecule has 2 heterocycles. The Labute approximate surface area is 182 Å². The van der Waals surface area contributed by atoms with Crippen molar-refractivity contribution >= 4 is 11.0 Å². The van der Waals surface area contributed by atoms with Crippen LogP contribution in [0.4, 0.5) is 0 Å². The molecule has 0 radical (unpaired) electrons. The smallest absolute Gasteiger partial charge is 0.336 e. The van der Waals surface area contributed by atoms with Crippen molar-refractivity contribution in [2.24, 2.45) is 0 Å². The molecule has 0 saturated carbocycles. The second-order valence-corrected chi connectivity index (χ2v) is 8.00. The SMILES string of the molecule is CCCCc1cc(=O)oc2c(C)c3c(cc12)CN(Cc1ccc(OC)cc1OC)CO3. The van der Waals surface area contributed by atoms with E-state index in [1.165, 1.54) is 0 Å². The predicted molar refractivity (Wildman–Crippen MR) is 120 cm³/mol. The van der Waals surface area contributed by atoms with Crippen LogP contribution in [0.25, 0.3) is 11.0 Å². The topological polar surface area (TPSA) is 61.1 Å². The molecule has 1 aromatic heterocycles.